The van der Waals surface area contributed by atoms with E-state index in [2.05, 4.69) is 61.5 Å². The molecule has 1 unspecified atom stereocenters. The van der Waals surface area contributed by atoms with E-state index in [1.54, 1.807) is 0 Å². The summed E-state index contributed by atoms with van der Waals surface area (Å²) in [6, 6.07) is 13.2. The summed E-state index contributed by atoms with van der Waals surface area (Å²) in [5.74, 6) is 0. The zero-order valence-corrected chi connectivity index (χ0v) is 14.1. The van der Waals surface area contributed by atoms with Crippen LogP contribution >= 0.6 is 28.3 Å². The van der Waals surface area contributed by atoms with Crippen molar-refractivity contribution in [1.82, 2.24) is 15.2 Å². The molecule has 0 saturated carbocycles. The van der Waals surface area contributed by atoms with E-state index < -0.39 is 0 Å². The van der Waals surface area contributed by atoms with Crippen molar-refractivity contribution in [2.45, 2.75) is 12.6 Å². The van der Waals surface area contributed by atoms with Crippen LogP contribution in [0.5, 0.6) is 0 Å². The quantitative estimate of drug-likeness (QED) is 0.900. The van der Waals surface area contributed by atoms with Gasteiger partial charge < -0.3 is 5.32 Å². The molecule has 5 heteroatoms. The summed E-state index contributed by atoms with van der Waals surface area (Å²) in [6.45, 7) is 4.08. The van der Waals surface area contributed by atoms with Gasteiger partial charge in [0.1, 0.15) is 0 Å². The summed E-state index contributed by atoms with van der Waals surface area (Å²) in [7, 11) is 0. The first-order valence-electron chi connectivity index (χ1n) is 6.92. The fraction of sp³-hybridized carbons (Fsp3) is 0.312. The van der Waals surface area contributed by atoms with Crippen LogP contribution in [0.15, 0.2) is 53.3 Å². The Morgan fingerprint density at radius 2 is 2.05 bits per heavy atom. The van der Waals surface area contributed by atoms with Gasteiger partial charge in [0.2, 0.25) is 0 Å². The molecule has 1 aromatic heterocycles. The molecule has 3 nitrogen and oxygen atoms in total. The Hall–Kier alpha value is -0.940. The fourth-order valence-electron chi connectivity index (χ4n) is 2.66. The first-order valence-corrected chi connectivity index (χ1v) is 7.71. The number of hydrogen-bond acceptors (Lipinski definition) is 3. The summed E-state index contributed by atoms with van der Waals surface area (Å²) in [6.07, 6.45) is 3.81. The van der Waals surface area contributed by atoms with E-state index in [0.717, 1.165) is 30.7 Å². The molecule has 1 aliphatic heterocycles. The lowest BCUT2D eigenvalue weighted by Gasteiger charge is -2.36. The number of pyridine rings is 1. The van der Waals surface area contributed by atoms with Crippen LogP contribution in [0.2, 0.25) is 0 Å². The molecule has 0 spiro atoms. The minimum atomic E-state index is 0. The lowest BCUT2D eigenvalue weighted by Crippen LogP contribution is -2.45. The van der Waals surface area contributed by atoms with Crippen LogP contribution in [0.1, 0.15) is 17.2 Å². The van der Waals surface area contributed by atoms with E-state index in [1.807, 2.05) is 18.5 Å². The van der Waals surface area contributed by atoms with E-state index in [-0.39, 0.29) is 12.4 Å². The van der Waals surface area contributed by atoms with E-state index in [0.29, 0.717) is 6.04 Å². The third kappa shape index (κ3) is 4.27. The Balaban J connectivity index is 0.00000161. The van der Waals surface area contributed by atoms with Crippen molar-refractivity contribution in [2.75, 3.05) is 19.6 Å². The first kappa shape index (κ1) is 16.4. The maximum Gasteiger partial charge on any atom is 0.0491 e. The molecule has 1 aromatic carbocycles. The average Bonchev–Trinajstić information content (AvgIpc) is 2.51. The second-order valence-electron chi connectivity index (χ2n) is 5.10. The molecule has 2 heterocycles. The normalized spacial score (nSPS) is 19.0. The molecule has 0 radical (unpaired) electrons. The lowest BCUT2D eigenvalue weighted by molar-refractivity contribution is 0.153. The van der Waals surface area contributed by atoms with E-state index in [4.69, 9.17) is 0 Å². The Bertz CT molecular complexity index is 547. The van der Waals surface area contributed by atoms with Gasteiger partial charge in [-0.1, -0.05) is 34.1 Å². The van der Waals surface area contributed by atoms with Gasteiger partial charge in [-0.25, -0.2) is 0 Å². The summed E-state index contributed by atoms with van der Waals surface area (Å²) < 4.78 is 1.13. The van der Waals surface area contributed by atoms with Gasteiger partial charge in [-0.2, -0.15) is 0 Å². The van der Waals surface area contributed by atoms with E-state index in [9.17, 15) is 0 Å². The Morgan fingerprint density at radius 1 is 1.24 bits per heavy atom. The van der Waals surface area contributed by atoms with Crippen LogP contribution in [0.4, 0.5) is 0 Å². The van der Waals surface area contributed by atoms with Gasteiger partial charge in [-0.15, -0.1) is 12.4 Å². The van der Waals surface area contributed by atoms with Gasteiger partial charge in [0.05, 0.1) is 0 Å². The van der Waals surface area contributed by atoms with Crippen molar-refractivity contribution < 1.29 is 0 Å². The molecule has 1 saturated heterocycles. The third-order valence-electron chi connectivity index (χ3n) is 3.72. The number of nitrogens with one attached hydrogen (secondary N) is 1. The molecule has 1 N–H and O–H groups in total. The highest BCUT2D eigenvalue weighted by Crippen LogP contribution is 2.23. The molecule has 2 aromatic rings. The molecule has 0 aliphatic carbocycles. The van der Waals surface area contributed by atoms with Gasteiger partial charge in [-0.05, 0) is 29.3 Å². The predicted molar refractivity (Wildman–Crippen MR) is 91.6 cm³/mol. The summed E-state index contributed by atoms with van der Waals surface area (Å²) in [4.78, 5) is 6.78. The summed E-state index contributed by atoms with van der Waals surface area (Å²) in [5, 5.41) is 3.48. The molecular weight excluding hydrogens is 350 g/mol. The Morgan fingerprint density at radius 3 is 2.76 bits per heavy atom. The SMILES string of the molecule is Brc1ccc(CN2CCNCC2c2cccnc2)cc1.Cl. The van der Waals surface area contributed by atoms with Gasteiger partial charge >= 0.3 is 0 Å². The van der Waals surface area contributed by atoms with Crippen LogP contribution in [0, 0.1) is 0 Å². The molecule has 1 atom stereocenters. The highest BCUT2D eigenvalue weighted by Gasteiger charge is 2.23. The van der Waals surface area contributed by atoms with Crippen LogP contribution in [0.25, 0.3) is 0 Å². The second-order valence-corrected chi connectivity index (χ2v) is 6.02. The standard InChI is InChI=1S/C16H18BrN3.ClH/c17-15-5-3-13(4-6-15)12-20-9-8-19-11-16(20)14-2-1-7-18-10-14;/h1-7,10,16,19H,8-9,11-12H2;1H. The number of aromatic nitrogens is 1. The molecule has 0 bridgehead atoms. The van der Waals surface area contributed by atoms with Crippen molar-refractivity contribution in [2.24, 2.45) is 0 Å². The minimum Gasteiger partial charge on any atom is -0.314 e. The number of benzene rings is 1. The topological polar surface area (TPSA) is 28.2 Å². The Labute approximate surface area is 140 Å². The molecule has 1 aliphatic rings. The van der Waals surface area contributed by atoms with Crippen molar-refractivity contribution in [3.63, 3.8) is 0 Å². The van der Waals surface area contributed by atoms with Crippen molar-refractivity contribution in [3.8, 4) is 0 Å². The smallest absolute Gasteiger partial charge is 0.0491 e. The molecular formula is C16H19BrClN3. The first-order chi connectivity index (χ1) is 9.83. The van der Waals surface area contributed by atoms with Crippen LogP contribution < -0.4 is 5.32 Å². The van der Waals surface area contributed by atoms with E-state index >= 15 is 0 Å². The molecule has 0 amide bonds. The van der Waals surface area contributed by atoms with Gasteiger partial charge in [0.25, 0.3) is 0 Å². The van der Waals surface area contributed by atoms with Crippen molar-refractivity contribution in [3.05, 3.63) is 64.4 Å². The van der Waals surface area contributed by atoms with Gasteiger partial charge in [0.15, 0.2) is 0 Å². The number of halogens is 2. The molecule has 112 valence electrons. The van der Waals surface area contributed by atoms with Crippen LogP contribution in [-0.4, -0.2) is 29.5 Å². The van der Waals surface area contributed by atoms with Gasteiger partial charge in [-0.3, -0.25) is 9.88 Å². The van der Waals surface area contributed by atoms with Gasteiger partial charge in [0, 0.05) is 49.1 Å². The lowest BCUT2D eigenvalue weighted by atomic mass is 10.0. The van der Waals surface area contributed by atoms with Crippen molar-refractivity contribution in [1.29, 1.82) is 0 Å². The minimum absolute atomic E-state index is 0. The number of piperazine rings is 1. The second kappa shape index (κ2) is 7.90. The van der Waals surface area contributed by atoms with E-state index in [1.165, 1.54) is 11.1 Å². The molecule has 1 fully saturated rings. The highest BCUT2D eigenvalue weighted by molar-refractivity contribution is 9.10. The number of hydrogen-bond donors (Lipinski definition) is 1. The average molecular weight is 369 g/mol. The van der Waals surface area contributed by atoms with Crippen LogP contribution in [0.3, 0.4) is 0 Å². The largest absolute Gasteiger partial charge is 0.314 e. The van der Waals surface area contributed by atoms with Crippen molar-refractivity contribution >= 4 is 28.3 Å². The number of nitrogens with zero attached hydrogens (tertiary/aromatic N) is 2. The molecule has 21 heavy (non-hydrogen) atoms. The fourth-order valence-corrected chi connectivity index (χ4v) is 2.93. The predicted octanol–water partition coefficient (Wildman–Crippen LogP) is 3.41. The Kier molecular flexibility index (Phi) is 6.18. The number of rotatable bonds is 3. The maximum atomic E-state index is 4.25. The summed E-state index contributed by atoms with van der Waals surface area (Å²) >= 11 is 3.49. The maximum absolute atomic E-state index is 4.25. The zero-order chi connectivity index (χ0) is 13.8. The zero-order valence-electron chi connectivity index (χ0n) is 11.7. The highest BCUT2D eigenvalue weighted by atomic mass is 79.9. The third-order valence-corrected chi connectivity index (χ3v) is 4.25. The monoisotopic (exact) mass is 367 g/mol. The summed E-state index contributed by atoms with van der Waals surface area (Å²) in [5.41, 5.74) is 2.64. The molecule has 3 rings (SSSR count). The van der Waals surface area contributed by atoms with Crippen LogP contribution in [-0.2, 0) is 6.54 Å².